The predicted molar refractivity (Wildman–Crippen MR) is 125 cm³/mol. The number of benzene rings is 2. The summed E-state index contributed by atoms with van der Waals surface area (Å²) in [6.07, 6.45) is 0.864. The largest absolute Gasteiger partial charge is 0.462 e. The molecule has 7 nitrogen and oxygen atoms in total. The second-order valence-corrected chi connectivity index (χ2v) is 8.40. The minimum atomic E-state index is -0.349. The Labute approximate surface area is 189 Å². The van der Waals surface area contributed by atoms with E-state index in [1.165, 1.54) is 16.3 Å². The number of rotatable bonds is 7. The highest BCUT2D eigenvalue weighted by atomic mass is 32.1. The first-order chi connectivity index (χ1) is 15.5. The highest BCUT2D eigenvalue weighted by Crippen LogP contribution is 2.29. The number of carbonyl (C=O) groups is 3. The number of nitrogens with zero attached hydrogens (tertiary/aromatic N) is 2. The van der Waals surface area contributed by atoms with Gasteiger partial charge in [-0.2, -0.15) is 5.10 Å². The molecule has 2 heterocycles. The van der Waals surface area contributed by atoms with Crippen molar-refractivity contribution in [2.45, 2.75) is 26.2 Å². The van der Waals surface area contributed by atoms with Gasteiger partial charge in [-0.25, -0.2) is 9.80 Å². The molecule has 0 unspecified atom stereocenters. The van der Waals surface area contributed by atoms with E-state index < -0.39 is 0 Å². The van der Waals surface area contributed by atoms with E-state index >= 15 is 0 Å². The lowest BCUT2D eigenvalue weighted by Gasteiger charge is -2.11. The smallest absolute Gasteiger partial charge is 0.348 e. The molecule has 1 aliphatic rings. The van der Waals surface area contributed by atoms with Crippen molar-refractivity contribution in [2.24, 2.45) is 5.10 Å². The molecule has 0 radical (unpaired) electrons. The first-order valence-corrected chi connectivity index (χ1v) is 11.3. The number of ether oxygens (including phenoxy) is 1. The molecule has 0 spiro atoms. The van der Waals surface area contributed by atoms with Crippen molar-refractivity contribution in [1.82, 2.24) is 5.01 Å². The summed E-state index contributed by atoms with van der Waals surface area (Å²) < 4.78 is 5.97. The molecule has 0 fully saturated rings. The summed E-state index contributed by atoms with van der Waals surface area (Å²) in [5.74, 6) is -0.763. The standard InChI is InChI=1S/C24H23N3O4S/c1-2-31-24(30)21-15-17-14-18(8-9-20(17)32-21)25-22(28)10-11-23(29)27-13-12-19(26-27)16-6-4-3-5-7-16/h3-9,14-15H,2,10-13H2,1H3,(H,25,28). The van der Waals surface area contributed by atoms with Gasteiger partial charge in [0.15, 0.2) is 0 Å². The third kappa shape index (κ3) is 5.03. The number of hydrogen-bond acceptors (Lipinski definition) is 6. The van der Waals surface area contributed by atoms with Gasteiger partial charge in [-0.05, 0) is 42.1 Å². The molecule has 1 aromatic heterocycles. The van der Waals surface area contributed by atoms with Crippen LogP contribution < -0.4 is 5.32 Å². The van der Waals surface area contributed by atoms with Gasteiger partial charge >= 0.3 is 5.97 Å². The molecule has 32 heavy (non-hydrogen) atoms. The number of fused-ring (bicyclic) bond motifs is 1. The van der Waals surface area contributed by atoms with Gasteiger partial charge in [0.2, 0.25) is 11.8 Å². The average molecular weight is 450 g/mol. The second-order valence-electron chi connectivity index (χ2n) is 7.31. The minimum absolute atomic E-state index is 0.0707. The van der Waals surface area contributed by atoms with Crippen LogP contribution in [0.2, 0.25) is 0 Å². The fourth-order valence-corrected chi connectivity index (χ4v) is 4.40. The van der Waals surface area contributed by atoms with Crippen LogP contribution in [0.25, 0.3) is 10.1 Å². The number of amides is 2. The van der Waals surface area contributed by atoms with E-state index in [-0.39, 0.29) is 30.6 Å². The number of esters is 1. The van der Waals surface area contributed by atoms with Gasteiger partial charge in [0.25, 0.3) is 0 Å². The van der Waals surface area contributed by atoms with Gasteiger partial charge in [-0.1, -0.05) is 30.3 Å². The maximum Gasteiger partial charge on any atom is 0.348 e. The van der Waals surface area contributed by atoms with E-state index in [1.54, 1.807) is 19.1 Å². The molecule has 1 N–H and O–H groups in total. The molecule has 8 heteroatoms. The number of hydrazone groups is 1. The van der Waals surface area contributed by atoms with Crippen LogP contribution in [0.1, 0.15) is 41.4 Å². The van der Waals surface area contributed by atoms with Crippen molar-refractivity contribution in [2.75, 3.05) is 18.5 Å². The van der Waals surface area contributed by atoms with Crippen LogP contribution in [0.3, 0.4) is 0 Å². The summed E-state index contributed by atoms with van der Waals surface area (Å²) in [5.41, 5.74) is 2.51. The summed E-state index contributed by atoms with van der Waals surface area (Å²) in [4.78, 5) is 37.3. The first-order valence-electron chi connectivity index (χ1n) is 10.5. The predicted octanol–water partition coefficient (Wildman–Crippen LogP) is 4.43. The van der Waals surface area contributed by atoms with Crippen LogP contribution in [0.5, 0.6) is 0 Å². The molecular formula is C24H23N3O4S. The Kier molecular flexibility index (Phi) is 6.61. The number of carbonyl (C=O) groups excluding carboxylic acids is 3. The molecular weight excluding hydrogens is 426 g/mol. The summed E-state index contributed by atoms with van der Waals surface area (Å²) >= 11 is 1.35. The average Bonchev–Trinajstić information content (AvgIpc) is 3.46. The molecule has 164 valence electrons. The van der Waals surface area contributed by atoms with Gasteiger partial charge in [0, 0.05) is 29.6 Å². The number of thiophene rings is 1. The van der Waals surface area contributed by atoms with Crippen molar-refractivity contribution >= 4 is 50.6 Å². The summed E-state index contributed by atoms with van der Waals surface area (Å²) in [6, 6.07) is 17.0. The fourth-order valence-electron chi connectivity index (χ4n) is 3.47. The topological polar surface area (TPSA) is 88.1 Å². The van der Waals surface area contributed by atoms with Gasteiger partial charge < -0.3 is 10.1 Å². The molecule has 0 atom stereocenters. The van der Waals surface area contributed by atoms with Crippen LogP contribution in [0.4, 0.5) is 5.69 Å². The summed E-state index contributed by atoms with van der Waals surface area (Å²) in [6.45, 7) is 2.62. The highest BCUT2D eigenvalue weighted by Gasteiger charge is 2.22. The Hall–Kier alpha value is -3.52. The molecule has 0 bridgehead atoms. The normalized spacial score (nSPS) is 13.2. The summed E-state index contributed by atoms with van der Waals surface area (Å²) in [7, 11) is 0. The van der Waals surface area contributed by atoms with E-state index in [2.05, 4.69) is 10.4 Å². The number of nitrogens with one attached hydrogen (secondary N) is 1. The van der Waals surface area contributed by atoms with E-state index in [1.807, 2.05) is 42.5 Å². The van der Waals surface area contributed by atoms with Gasteiger partial charge in [0.1, 0.15) is 4.88 Å². The SMILES string of the molecule is CCOC(=O)c1cc2cc(NC(=O)CCC(=O)N3CCC(c4ccccc4)=N3)ccc2s1. The molecule has 0 saturated carbocycles. The zero-order valence-corrected chi connectivity index (χ0v) is 18.5. The van der Waals surface area contributed by atoms with Crippen molar-refractivity contribution < 1.29 is 19.1 Å². The van der Waals surface area contributed by atoms with Crippen molar-refractivity contribution in [3.8, 4) is 0 Å². The van der Waals surface area contributed by atoms with Crippen LogP contribution in [0, 0.1) is 0 Å². The van der Waals surface area contributed by atoms with Crippen LogP contribution in [-0.4, -0.2) is 41.7 Å². The molecule has 0 aliphatic carbocycles. The fraction of sp³-hybridized carbons (Fsp3) is 0.250. The Bertz CT molecular complexity index is 1190. The molecule has 2 aromatic carbocycles. The third-order valence-corrected chi connectivity index (χ3v) is 6.14. The lowest BCUT2D eigenvalue weighted by atomic mass is 10.1. The van der Waals surface area contributed by atoms with Crippen LogP contribution in [-0.2, 0) is 14.3 Å². The molecule has 4 rings (SSSR count). The Morgan fingerprint density at radius 1 is 1.09 bits per heavy atom. The van der Waals surface area contributed by atoms with E-state index in [0.29, 0.717) is 30.1 Å². The van der Waals surface area contributed by atoms with E-state index in [4.69, 9.17) is 4.74 Å². The molecule has 1 aliphatic heterocycles. The minimum Gasteiger partial charge on any atom is -0.462 e. The second kappa shape index (κ2) is 9.74. The Morgan fingerprint density at radius 3 is 2.69 bits per heavy atom. The first kappa shape index (κ1) is 21.7. The maximum absolute atomic E-state index is 12.5. The third-order valence-electron chi connectivity index (χ3n) is 5.04. The summed E-state index contributed by atoms with van der Waals surface area (Å²) in [5, 5.41) is 9.54. The quantitative estimate of drug-likeness (QED) is 0.541. The lowest BCUT2D eigenvalue weighted by molar-refractivity contribution is -0.132. The zero-order valence-electron chi connectivity index (χ0n) is 17.7. The van der Waals surface area contributed by atoms with Crippen molar-refractivity contribution in [3.05, 3.63) is 65.0 Å². The van der Waals surface area contributed by atoms with Gasteiger partial charge in [0.05, 0.1) is 18.9 Å². The van der Waals surface area contributed by atoms with Crippen LogP contribution in [0.15, 0.2) is 59.7 Å². The molecule has 0 saturated heterocycles. The lowest BCUT2D eigenvalue weighted by Crippen LogP contribution is -2.24. The highest BCUT2D eigenvalue weighted by molar-refractivity contribution is 7.20. The van der Waals surface area contributed by atoms with E-state index in [9.17, 15) is 14.4 Å². The number of hydrogen-bond donors (Lipinski definition) is 1. The molecule has 3 aromatic rings. The van der Waals surface area contributed by atoms with Crippen molar-refractivity contribution in [3.63, 3.8) is 0 Å². The molecule has 2 amide bonds. The van der Waals surface area contributed by atoms with Gasteiger partial charge in [-0.15, -0.1) is 11.3 Å². The number of anilines is 1. The van der Waals surface area contributed by atoms with Gasteiger partial charge in [-0.3, -0.25) is 9.59 Å². The van der Waals surface area contributed by atoms with Crippen molar-refractivity contribution in [1.29, 1.82) is 0 Å². The Balaban J connectivity index is 1.32. The Morgan fingerprint density at radius 2 is 1.91 bits per heavy atom. The maximum atomic E-state index is 12.5. The van der Waals surface area contributed by atoms with Crippen LogP contribution >= 0.6 is 11.3 Å². The van der Waals surface area contributed by atoms with E-state index in [0.717, 1.165) is 21.4 Å². The monoisotopic (exact) mass is 449 g/mol. The zero-order chi connectivity index (χ0) is 22.5.